The first kappa shape index (κ1) is 18.6. The van der Waals surface area contributed by atoms with Crippen molar-refractivity contribution in [1.82, 2.24) is 15.3 Å². The molecule has 2 unspecified atom stereocenters. The zero-order valence-electron chi connectivity index (χ0n) is 13.7. The van der Waals surface area contributed by atoms with Gasteiger partial charge in [0.1, 0.15) is 0 Å². The minimum absolute atomic E-state index is 0.125. The number of carbonyl (C=O) groups is 1. The molecule has 0 bridgehead atoms. The first-order valence-corrected chi connectivity index (χ1v) is 7.57. The van der Waals surface area contributed by atoms with Crippen LogP contribution in [-0.2, 0) is 4.79 Å². The zero-order valence-corrected chi connectivity index (χ0v) is 13.7. The Morgan fingerprint density at radius 3 is 2.83 bits per heavy atom. The molecule has 0 radical (unpaired) electrons. The van der Waals surface area contributed by atoms with Gasteiger partial charge in [0, 0.05) is 18.3 Å². The van der Waals surface area contributed by atoms with E-state index in [-0.39, 0.29) is 11.9 Å². The van der Waals surface area contributed by atoms with Gasteiger partial charge in [0.25, 0.3) is 5.56 Å². The van der Waals surface area contributed by atoms with Crippen molar-refractivity contribution in [3.63, 3.8) is 0 Å². The Morgan fingerprint density at radius 1 is 1.43 bits per heavy atom. The summed E-state index contributed by atoms with van der Waals surface area (Å²) in [7, 11) is 0. The molecule has 8 heteroatoms. The van der Waals surface area contributed by atoms with E-state index < -0.39 is 11.6 Å². The third-order valence-electron chi connectivity index (χ3n) is 3.32. The predicted octanol–water partition coefficient (Wildman–Crippen LogP) is 1.59. The standard InChI is InChI=1S/C15H23N5O3/c1-10(4-5-16-9-21)6-11(2)8-17-15(23)20-14-18-12(3)7-13(22)19-14/h7,10-11H,4-6,8H2,1-3H3,(H3,17,18,19,20,22,23). The normalized spacial score (nSPS) is 12.8. The number of amides is 2. The first-order valence-electron chi connectivity index (χ1n) is 7.57. The van der Waals surface area contributed by atoms with Crippen molar-refractivity contribution >= 4 is 18.1 Å². The molecule has 0 aliphatic rings. The Kier molecular flexibility index (Phi) is 7.70. The maximum Gasteiger partial charge on any atom is 0.321 e. The molecule has 1 aromatic heterocycles. The summed E-state index contributed by atoms with van der Waals surface area (Å²) in [6, 6.07) is 0.935. The van der Waals surface area contributed by atoms with Crippen LogP contribution in [0.4, 0.5) is 10.7 Å². The van der Waals surface area contributed by atoms with E-state index in [1.54, 1.807) is 6.92 Å². The zero-order chi connectivity index (χ0) is 17.2. The van der Waals surface area contributed by atoms with Crippen LogP contribution in [0.2, 0.25) is 0 Å². The number of isocyanates is 1. The monoisotopic (exact) mass is 321 g/mol. The Labute approximate surface area is 134 Å². The van der Waals surface area contributed by atoms with E-state index in [4.69, 9.17) is 0 Å². The number of nitrogens with zero attached hydrogens (tertiary/aromatic N) is 2. The molecule has 1 heterocycles. The van der Waals surface area contributed by atoms with E-state index >= 15 is 0 Å². The van der Waals surface area contributed by atoms with Gasteiger partial charge in [-0.15, -0.1) is 0 Å². The number of carbonyl (C=O) groups excluding carboxylic acids is 2. The highest BCUT2D eigenvalue weighted by molar-refractivity contribution is 5.87. The Bertz CT molecular complexity index is 622. The van der Waals surface area contributed by atoms with Gasteiger partial charge in [-0.25, -0.2) is 14.6 Å². The van der Waals surface area contributed by atoms with Gasteiger partial charge in [0.05, 0.1) is 6.54 Å². The lowest BCUT2D eigenvalue weighted by Gasteiger charge is -2.17. The van der Waals surface area contributed by atoms with Gasteiger partial charge in [-0.3, -0.25) is 10.1 Å². The van der Waals surface area contributed by atoms with Crippen molar-refractivity contribution in [2.45, 2.75) is 33.6 Å². The van der Waals surface area contributed by atoms with E-state index in [0.29, 0.717) is 24.7 Å². The third kappa shape index (κ3) is 7.92. The van der Waals surface area contributed by atoms with Gasteiger partial charge >= 0.3 is 6.03 Å². The average molecular weight is 321 g/mol. The number of hydrogen-bond acceptors (Lipinski definition) is 5. The lowest BCUT2D eigenvalue weighted by atomic mass is 9.95. The number of anilines is 1. The van der Waals surface area contributed by atoms with Crippen molar-refractivity contribution in [2.24, 2.45) is 16.8 Å². The highest BCUT2D eigenvalue weighted by Gasteiger charge is 2.11. The van der Waals surface area contributed by atoms with Gasteiger partial charge in [-0.1, -0.05) is 13.8 Å². The lowest BCUT2D eigenvalue weighted by Crippen LogP contribution is -2.34. The van der Waals surface area contributed by atoms with Gasteiger partial charge in [0.2, 0.25) is 12.0 Å². The van der Waals surface area contributed by atoms with Gasteiger partial charge in [-0.2, -0.15) is 4.98 Å². The first-order chi connectivity index (χ1) is 10.9. The number of H-pyrrole nitrogens is 1. The number of urea groups is 1. The largest absolute Gasteiger partial charge is 0.338 e. The van der Waals surface area contributed by atoms with Crippen LogP contribution < -0.4 is 16.2 Å². The minimum Gasteiger partial charge on any atom is -0.338 e. The number of aryl methyl sites for hydroxylation is 1. The van der Waals surface area contributed by atoms with Crippen molar-refractivity contribution in [1.29, 1.82) is 0 Å². The van der Waals surface area contributed by atoms with Gasteiger partial charge < -0.3 is 10.3 Å². The second-order valence-corrected chi connectivity index (χ2v) is 5.79. The van der Waals surface area contributed by atoms with Gasteiger partial charge in [0.15, 0.2) is 0 Å². The Hall–Kier alpha value is -2.47. The van der Waals surface area contributed by atoms with Crippen LogP contribution in [0.1, 0.15) is 32.4 Å². The Morgan fingerprint density at radius 2 is 2.17 bits per heavy atom. The van der Waals surface area contributed by atoms with E-state index in [9.17, 15) is 14.4 Å². The summed E-state index contributed by atoms with van der Waals surface area (Å²) in [5.74, 6) is 0.808. The van der Waals surface area contributed by atoms with Crippen molar-refractivity contribution in [3.05, 3.63) is 22.1 Å². The molecule has 1 aromatic rings. The molecular formula is C15H23N5O3. The molecular weight excluding hydrogens is 298 g/mol. The molecule has 0 fully saturated rings. The average Bonchev–Trinajstić information content (AvgIpc) is 2.44. The molecule has 0 saturated carbocycles. The van der Waals surface area contributed by atoms with Crippen LogP contribution in [0, 0.1) is 18.8 Å². The fourth-order valence-electron chi connectivity index (χ4n) is 2.27. The maximum atomic E-state index is 11.8. The molecule has 0 aromatic carbocycles. The van der Waals surface area contributed by atoms with E-state index in [2.05, 4.69) is 32.5 Å². The number of aromatic amines is 1. The number of aromatic nitrogens is 2. The molecule has 3 N–H and O–H groups in total. The molecule has 0 saturated heterocycles. The summed E-state index contributed by atoms with van der Waals surface area (Å²) in [6.07, 6.45) is 3.26. The van der Waals surface area contributed by atoms with E-state index in [0.717, 1.165) is 12.8 Å². The SMILES string of the molecule is Cc1cc(=O)nc(NC(=O)NCC(C)CC(C)CCN=C=O)[nH]1. The summed E-state index contributed by atoms with van der Waals surface area (Å²) in [5.41, 5.74) is 0.220. The van der Waals surface area contributed by atoms with Crippen molar-refractivity contribution < 1.29 is 9.59 Å². The minimum atomic E-state index is -0.413. The van der Waals surface area contributed by atoms with Crippen molar-refractivity contribution in [3.8, 4) is 0 Å². The number of rotatable bonds is 8. The molecule has 23 heavy (non-hydrogen) atoms. The molecule has 8 nitrogen and oxygen atoms in total. The number of hydrogen-bond donors (Lipinski definition) is 3. The summed E-state index contributed by atoms with van der Waals surface area (Å²) in [5, 5.41) is 5.24. The van der Waals surface area contributed by atoms with Gasteiger partial charge in [-0.05, 0) is 31.6 Å². The molecule has 0 aliphatic heterocycles. The van der Waals surface area contributed by atoms with Crippen LogP contribution in [0.5, 0.6) is 0 Å². The smallest absolute Gasteiger partial charge is 0.321 e. The van der Waals surface area contributed by atoms with E-state index in [1.807, 2.05) is 6.92 Å². The maximum absolute atomic E-state index is 11.8. The fraction of sp³-hybridized carbons (Fsp3) is 0.600. The molecule has 126 valence electrons. The highest BCUT2D eigenvalue weighted by atomic mass is 16.2. The highest BCUT2D eigenvalue weighted by Crippen LogP contribution is 2.14. The number of nitrogens with one attached hydrogen (secondary N) is 3. The van der Waals surface area contributed by atoms with Crippen LogP contribution in [0.3, 0.4) is 0 Å². The van der Waals surface area contributed by atoms with Crippen LogP contribution in [0.15, 0.2) is 15.9 Å². The second-order valence-electron chi connectivity index (χ2n) is 5.79. The van der Waals surface area contributed by atoms with Crippen molar-refractivity contribution in [2.75, 3.05) is 18.4 Å². The summed E-state index contributed by atoms with van der Waals surface area (Å²) >= 11 is 0. The molecule has 0 aliphatic carbocycles. The third-order valence-corrected chi connectivity index (χ3v) is 3.32. The summed E-state index contributed by atoms with van der Waals surface area (Å²) in [6.45, 7) is 6.82. The predicted molar refractivity (Wildman–Crippen MR) is 87.2 cm³/mol. The van der Waals surface area contributed by atoms with Crippen LogP contribution in [-0.4, -0.2) is 35.2 Å². The Balaban J connectivity index is 2.34. The quantitative estimate of drug-likeness (QED) is 0.498. The topological polar surface area (TPSA) is 116 Å². The second kappa shape index (κ2) is 9.53. The lowest BCUT2D eigenvalue weighted by molar-refractivity contribution is 0.249. The van der Waals surface area contributed by atoms with E-state index in [1.165, 1.54) is 12.1 Å². The summed E-state index contributed by atoms with van der Waals surface area (Å²) < 4.78 is 0. The fourth-order valence-corrected chi connectivity index (χ4v) is 2.27. The van der Waals surface area contributed by atoms with Crippen LogP contribution in [0.25, 0.3) is 0 Å². The molecule has 2 amide bonds. The number of aliphatic imine (C=N–C) groups is 1. The molecule has 2 atom stereocenters. The molecule has 0 spiro atoms. The molecule has 1 rings (SSSR count). The summed E-state index contributed by atoms with van der Waals surface area (Å²) in [4.78, 5) is 43.1. The van der Waals surface area contributed by atoms with Crippen LogP contribution >= 0.6 is 0 Å².